The van der Waals surface area contributed by atoms with E-state index in [2.05, 4.69) is 20.7 Å². The number of furan rings is 1. The third-order valence-electron chi connectivity index (χ3n) is 1.59. The van der Waals surface area contributed by atoms with Gasteiger partial charge in [0.2, 0.25) is 15.8 Å². The SMILES string of the molecule is NCCNS(=O)(=O)c1cc(C(=O)O)oc1Br. The first kappa shape index (κ1) is 13.2. The van der Waals surface area contributed by atoms with E-state index in [9.17, 15) is 13.2 Å². The zero-order chi connectivity index (χ0) is 12.3. The van der Waals surface area contributed by atoms with E-state index in [1.165, 1.54) is 0 Å². The van der Waals surface area contributed by atoms with E-state index in [4.69, 9.17) is 15.3 Å². The lowest BCUT2D eigenvalue weighted by Gasteiger charge is -2.02. The van der Waals surface area contributed by atoms with Gasteiger partial charge >= 0.3 is 5.97 Å². The van der Waals surface area contributed by atoms with Crippen LogP contribution < -0.4 is 10.5 Å². The van der Waals surface area contributed by atoms with Gasteiger partial charge in [-0.1, -0.05) is 0 Å². The number of nitrogens with two attached hydrogens (primary N) is 1. The number of hydrogen-bond donors (Lipinski definition) is 3. The molecule has 0 spiro atoms. The molecule has 0 saturated heterocycles. The Balaban J connectivity index is 3.08. The normalized spacial score (nSPS) is 11.6. The van der Waals surface area contributed by atoms with Crippen LogP contribution in [-0.2, 0) is 10.0 Å². The zero-order valence-electron chi connectivity index (χ0n) is 7.94. The highest BCUT2D eigenvalue weighted by molar-refractivity contribution is 9.10. The van der Waals surface area contributed by atoms with Gasteiger partial charge in [0.15, 0.2) is 4.67 Å². The van der Waals surface area contributed by atoms with Gasteiger partial charge < -0.3 is 15.3 Å². The smallest absolute Gasteiger partial charge is 0.371 e. The van der Waals surface area contributed by atoms with Gasteiger partial charge in [0.25, 0.3) is 0 Å². The Morgan fingerprint density at radius 2 is 2.25 bits per heavy atom. The van der Waals surface area contributed by atoms with Crippen molar-refractivity contribution in [3.8, 4) is 0 Å². The van der Waals surface area contributed by atoms with Crippen molar-refractivity contribution in [2.24, 2.45) is 5.73 Å². The molecule has 0 aliphatic rings. The molecule has 0 fully saturated rings. The van der Waals surface area contributed by atoms with Gasteiger partial charge in [-0.25, -0.2) is 17.9 Å². The standard InChI is InChI=1S/C7H9BrN2O5S/c8-6-5(3-4(15-6)7(11)12)16(13,14)10-2-1-9/h3,10H,1-2,9H2,(H,11,12). The van der Waals surface area contributed by atoms with Crippen LogP contribution in [0.2, 0.25) is 0 Å². The highest BCUT2D eigenvalue weighted by Crippen LogP contribution is 2.25. The molecular weight excluding hydrogens is 304 g/mol. The molecule has 0 aliphatic heterocycles. The molecule has 0 aromatic carbocycles. The molecule has 0 aliphatic carbocycles. The third kappa shape index (κ3) is 2.82. The Bertz CT molecular complexity index is 495. The lowest BCUT2D eigenvalue weighted by Crippen LogP contribution is -2.29. The number of sulfonamides is 1. The van der Waals surface area contributed by atoms with Crippen LogP contribution in [0.1, 0.15) is 10.6 Å². The van der Waals surface area contributed by atoms with Gasteiger partial charge in [0, 0.05) is 19.2 Å². The monoisotopic (exact) mass is 312 g/mol. The van der Waals surface area contributed by atoms with Crippen molar-refractivity contribution in [2.45, 2.75) is 4.90 Å². The number of nitrogens with one attached hydrogen (secondary N) is 1. The topological polar surface area (TPSA) is 123 Å². The predicted molar refractivity (Wildman–Crippen MR) is 57.6 cm³/mol. The molecule has 1 aromatic rings. The van der Waals surface area contributed by atoms with Crippen LogP contribution in [0.5, 0.6) is 0 Å². The number of aromatic carboxylic acids is 1. The molecule has 0 radical (unpaired) electrons. The molecule has 16 heavy (non-hydrogen) atoms. The highest BCUT2D eigenvalue weighted by atomic mass is 79.9. The van der Waals surface area contributed by atoms with Crippen LogP contribution >= 0.6 is 15.9 Å². The van der Waals surface area contributed by atoms with Crippen LogP contribution in [0, 0.1) is 0 Å². The molecule has 0 amide bonds. The summed E-state index contributed by atoms with van der Waals surface area (Å²) in [6.45, 7) is 0.197. The summed E-state index contributed by atoms with van der Waals surface area (Å²) in [6.07, 6.45) is 0. The van der Waals surface area contributed by atoms with Gasteiger partial charge in [-0.05, 0) is 15.9 Å². The molecule has 1 rings (SSSR count). The summed E-state index contributed by atoms with van der Waals surface area (Å²) in [5.41, 5.74) is 5.15. The second kappa shape index (κ2) is 4.95. The van der Waals surface area contributed by atoms with Gasteiger partial charge in [-0.15, -0.1) is 0 Å². The van der Waals surface area contributed by atoms with E-state index in [0.717, 1.165) is 6.07 Å². The van der Waals surface area contributed by atoms with Crippen molar-refractivity contribution >= 4 is 31.9 Å². The molecule has 1 heterocycles. The number of halogens is 1. The number of carboxylic acid groups (broad SMARTS) is 1. The number of carboxylic acids is 1. The van der Waals surface area contributed by atoms with Crippen molar-refractivity contribution < 1.29 is 22.7 Å². The Kier molecular flexibility index (Phi) is 4.08. The highest BCUT2D eigenvalue weighted by Gasteiger charge is 2.24. The van der Waals surface area contributed by atoms with Crippen LogP contribution in [0.3, 0.4) is 0 Å². The maximum absolute atomic E-state index is 11.6. The summed E-state index contributed by atoms with van der Waals surface area (Å²) < 4.78 is 29.9. The van der Waals surface area contributed by atoms with Crippen molar-refractivity contribution in [1.29, 1.82) is 0 Å². The first-order valence-electron chi connectivity index (χ1n) is 4.11. The fourth-order valence-electron chi connectivity index (χ4n) is 0.912. The second-order valence-corrected chi connectivity index (χ2v) is 5.20. The molecule has 0 unspecified atom stereocenters. The van der Waals surface area contributed by atoms with Crippen LogP contribution in [-0.4, -0.2) is 32.6 Å². The molecule has 0 atom stereocenters. The lowest BCUT2D eigenvalue weighted by atomic mass is 10.5. The van der Waals surface area contributed by atoms with Crippen LogP contribution in [0.25, 0.3) is 0 Å². The molecule has 1 aromatic heterocycles. The van der Waals surface area contributed by atoms with Gasteiger partial charge in [-0.3, -0.25) is 0 Å². The molecule has 0 saturated carbocycles. The lowest BCUT2D eigenvalue weighted by molar-refractivity contribution is 0.0661. The molecule has 90 valence electrons. The number of rotatable bonds is 5. The number of hydrogen-bond acceptors (Lipinski definition) is 5. The summed E-state index contributed by atoms with van der Waals surface area (Å²) in [6, 6.07) is 0.922. The minimum atomic E-state index is -3.80. The van der Waals surface area contributed by atoms with Crippen LogP contribution in [0.4, 0.5) is 0 Å². The zero-order valence-corrected chi connectivity index (χ0v) is 10.3. The summed E-state index contributed by atoms with van der Waals surface area (Å²) in [7, 11) is -3.80. The summed E-state index contributed by atoms with van der Waals surface area (Å²) in [5.74, 6) is -1.80. The summed E-state index contributed by atoms with van der Waals surface area (Å²) in [5, 5.41) is 8.61. The average molecular weight is 313 g/mol. The first-order valence-corrected chi connectivity index (χ1v) is 6.38. The number of carbonyl (C=O) groups is 1. The largest absolute Gasteiger partial charge is 0.475 e. The predicted octanol–water partition coefficient (Wildman–Crippen LogP) is -0.0227. The van der Waals surface area contributed by atoms with Gasteiger partial charge in [0.05, 0.1) is 0 Å². The summed E-state index contributed by atoms with van der Waals surface area (Å²) >= 11 is 2.83. The summed E-state index contributed by atoms with van der Waals surface area (Å²) in [4.78, 5) is 10.3. The average Bonchev–Trinajstić information content (AvgIpc) is 2.58. The van der Waals surface area contributed by atoms with Gasteiger partial charge in [0.1, 0.15) is 4.90 Å². The Morgan fingerprint density at radius 3 is 2.69 bits per heavy atom. The van der Waals surface area contributed by atoms with E-state index in [-0.39, 0.29) is 22.7 Å². The van der Waals surface area contributed by atoms with Gasteiger partial charge in [-0.2, -0.15) is 0 Å². The van der Waals surface area contributed by atoms with E-state index in [1.54, 1.807) is 0 Å². The van der Waals surface area contributed by atoms with E-state index in [0.29, 0.717) is 0 Å². The fourth-order valence-corrected chi connectivity index (χ4v) is 2.90. The molecule has 4 N–H and O–H groups in total. The van der Waals surface area contributed by atoms with E-state index in [1.807, 2.05) is 0 Å². The minimum absolute atomic E-state index is 0.0579. The van der Waals surface area contributed by atoms with E-state index >= 15 is 0 Å². The molecule has 0 bridgehead atoms. The van der Waals surface area contributed by atoms with Crippen molar-refractivity contribution in [1.82, 2.24) is 4.72 Å². The fraction of sp³-hybridized carbons (Fsp3) is 0.286. The maximum Gasteiger partial charge on any atom is 0.371 e. The second-order valence-electron chi connectivity index (χ2n) is 2.74. The minimum Gasteiger partial charge on any atom is -0.475 e. The first-order chi connectivity index (χ1) is 7.38. The van der Waals surface area contributed by atoms with Crippen molar-refractivity contribution in [3.05, 3.63) is 16.5 Å². The Morgan fingerprint density at radius 1 is 1.62 bits per heavy atom. The Hall–Kier alpha value is -0.900. The quantitative estimate of drug-likeness (QED) is 0.702. The van der Waals surface area contributed by atoms with E-state index < -0.39 is 21.8 Å². The molecule has 7 nitrogen and oxygen atoms in total. The molecule has 9 heteroatoms. The van der Waals surface area contributed by atoms with Crippen molar-refractivity contribution in [2.75, 3.05) is 13.1 Å². The third-order valence-corrected chi connectivity index (χ3v) is 3.91. The van der Waals surface area contributed by atoms with Crippen LogP contribution in [0.15, 0.2) is 20.0 Å². The molecular formula is C7H9BrN2O5S. The maximum atomic E-state index is 11.6. The van der Waals surface area contributed by atoms with Crippen molar-refractivity contribution in [3.63, 3.8) is 0 Å². The Labute approximate surface area is 99.8 Å².